The molecule has 0 bridgehead atoms. The summed E-state index contributed by atoms with van der Waals surface area (Å²) < 4.78 is 18.5. The Morgan fingerprint density at radius 2 is 1.97 bits per heavy atom. The molecule has 4 aromatic rings. The van der Waals surface area contributed by atoms with Crippen molar-refractivity contribution < 1.29 is 19.0 Å². The van der Waals surface area contributed by atoms with E-state index in [1.54, 1.807) is 20.4 Å². The minimum absolute atomic E-state index is 0.180. The summed E-state index contributed by atoms with van der Waals surface area (Å²) in [6.07, 6.45) is 1.61. The molecule has 1 heterocycles. The smallest absolute Gasteiger partial charge is 0.250 e. The number of fused-ring (bicyclic) bond motifs is 2. The molecule has 1 aromatic heterocycles. The molecule has 0 radical (unpaired) electrons. The van der Waals surface area contributed by atoms with Crippen molar-refractivity contribution in [1.82, 2.24) is 15.0 Å². The van der Waals surface area contributed by atoms with Crippen LogP contribution in [0.5, 0.6) is 17.2 Å². The fourth-order valence-corrected chi connectivity index (χ4v) is 4.49. The number of methoxy groups -OCH3 is 2. The summed E-state index contributed by atoms with van der Waals surface area (Å²) in [5.41, 5.74) is 5.20. The van der Waals surface area contributed by atoms with Crippen LogP contribution in [0.2, 0.25) is 0 Å². The third kappa shape index (κ3) is 4.79. The Bertz CT molecular complexity index is 1370. The van der Waals surface area contributed by atoms with Crippen molar-refractivity contribution in [2.24, 2.45) is 12.1 Å². The molecule has 1 amide bonds. The number of carbonyl (C=O) groups excluding carboxylic acids is 1. The summed E-state index contributed by atoms with van der Waals surface area (Å²) in [7, 11) is 5.17. The van der Waals surface area contributed by atoms with Gasteiger partial charge in [-0.2, -0.15) is 5.10 Å². The van der Waals surface area contributed by atoms with Crippen molar-refractivity contribution in [2.75, 3.05) is 26.6 Å². The topological polar surface area (TPSA) is 87.0 Å². The van der Waals surface area contributed by atoms with Crippen LogP contribution >= 0.6 is 11.8 Å². The van der Waals surface area contributed by atoms with E-state index < -0.39 is 0 Å². The van der Waals surface area contributed by atoms with Gasteiger partial charge in [0, 0.05) is 29.4 Å². The number of hydrogen-bond acceptors (Lipinski definition) is 7. The zero-order valence-electron chi connectivity index (χ0n) is 19.5. The molecule has 0 spiro atoms. The summed E-state index contributed by atoms with van der Waals surface area (Å²) in [6.45, 7) is 2.54. The highest BCUT2D eigenvalue weighted by Gasteiger charge is 2.12. The number of hydrogen-bond donors (Lipinski definition) is 1. The molecule has 0 unspecified atom stereocenters. The standard InChI is InChI=1S/C25H26N4O4S/c1-5-33-17-10-11-20-19(13-17)27-25(29(20)2)34-15-23(30)28-26-14-16-9-12-21(31-3)18-7-6-8-22(32-4)24(16)18/h6-14H,5,15H2,1-4H3,(H,28,30). The van der Waals surface area contributed by atoms with Gasteiger partial charge in [0.2, 0.25) is 0 Å². The Balaban J connectivity index is 1.44. The first-order valence-corrected chi connectivity index (χ1v) is 11.7. The lowest BCUT2D eigenvalue weighted by Crippen LogP contribution is -2.19. The van der Waals surface area contributed by atoms with Crippen LogP contribution in [0.3, 0.4) is 0 Å². The lowest BCUT2D eigenvalue weighted by molar-refractivity contribution is -0.118. The molecule has 176 valence electrons. The second kappa shape index (κ2) is 10.5. The van der Waals surface area contributed by atoms with E-state index >= 15 is 0 Å². The van der Waals surface area contributed by atoms with Crippen LogP contribution in [-0.2, 0) is 11.8 Å². The number of rotatable bonds is 9. The number of nitrogens with one attached hydrogen (secondary N) is 1. The molecule has 0 aliphatic heterocycles. The molecule has 9 heteroatoms. The lowest BCUT2D eigenvalue weighted by Gasteiger charge is -2.11. The average Bonchev–Trinajstić information content (AvgIpc) is 3.17. The first kappa shape index (κ1) is 23.4. The Labute approximate surface area is 201 Å². The van der Waals surface area contributed by atoms with Crippen LogP contribution in [0, 0.1) is 0 Å². The summed E-state index contributed by atoms with van der Waals surface area (Å²) in [6, 6.07) is 15.3. The van der Waals surface area contributed by atoms with Gasteiger partial charge in [0.15, 0.2) is 5.16 Å². The van der Waals surface area contributed by atoms with Gasteiger partial charge in [-0.05, 0) is 37.3 Å². The number of carbonyl (C=O) groups is 1. The van der Waals surface area contributed by atoms with Crippen LogP contribution in [0.15, 0.2) is 58.8 Å². The molecule has 0 saturated heterocycles. The van der Waals surface area contributed by atoms with Gasteiger partial charge in [-0.25, -0.2) is 10.4 Å². The first-order chi connectivity index (χ1) is 16.5. The SMILES string of the molecule is CCOc1ccc2c(c1)nc(SCC(=O)NN=Cc1ccc(OC)c3cccc(OC)c13)n2C. The number of nitrogens with zero attached hydrogens (tertiary/aromatic N) is 3. The second-order valence-corrected chi connectivity index (χ2v) is 8.30. The number of aromatic nitrogens is 2. The number of thioether (sulfide) groups is 1. The van der Waals surface area contributed by atoms with Gasteiger partial charge in [0.25, 0.3) is 5.91 Å². The lowest BCUT2D eigenvalue weighted by atomic mass is 10.0. The number of ether oxygens (including phenoxy) is 3. The van der Waals surface area contributed by atoms with Crippen LogP contribution in [0.4, 0.5) is 0 Å². The first-order valence-electron chi connectivity index (χ1n) is 10.7. The maximum absolute atomic E-state index is 12.4. The van der Waals surface area contributed by atoms with Crippen molar-refractivity contribution >= 4 is 45.7 Å². The van der Waals surface area contributed by atoms with Gasteiger partial charge in [-0.3, -0.25) is 4.79 Å². The van der Waals surface area contributed by atoms with E-state index in [-0.39, 0.29) is 11.7 Å². The normalized spacial score (nSPS) is 11.3. The fourth-order valence-electron chi connectivity index (χ4n) is 3.71. The highest BCUT2D eigenvalue weighted by Crippen LogP contribution is 2.34. The summed E-state index contributed by atoms with van der Waals surface area (Å²) in [5, 5.41) is 6.67. The molecular formula is C25H26N4O4S. The third-order valence-corrected chi connectivity index (χ3v) is 6.31. The van der Waals surface area contributed by atoms with Gasteiger partial charge in [-0.15, -0.1) is 0 Å². The Morgan fingerprint density at radius 1 is 1.15 bits per heavy atom. The monoisotopic (exact) mass is 478 g/mol. The third-order valence-electron chi connectivity index (χ3n) is 5.28. The largest absolute Gasteiger partial charge is 0.496 e. The predicted molar refractivity (Wildman–Crippen MR) is 135 cm³/mol. The van der Waals surface area contributed by atoms with Gasteiger partial charge in [0.05, 0.1) is 43.8 Å². The van der Waals surface area contributed by atoms with Gasteiger partial charge < -0.3 is 18.8 Å². The Hall–Kier alpha value is -3.72. The molecule has 4 rings (SSSR count). The second-order valence-electron chi connectivity index (χ2n) is 7.36. The zero-order chi connectivity index (χ0) is 24.1. The van der Waals surface area contributed by atoms with E-state index in [9.17, 15) is 4.79 Å². The summed E-state index contributed by atoms with van der Waals surface area (Å²) >= 11 is 1.35. The van der Waals surface area contributed by atoms with Gasteiger partial charge in [-0.1, -0.05) is 23.9 Å². The van der Waals surface area contributed by atoms with E-state index in [0.717, 1.165) is 44.0 Å². The van der Waals surface area contributed by atoms with Crippen LogP contribution in [0.1, 0.15) is 12.5 Å². The highest BCUT2D eigenvalue weighted by molar-refractivity contribution is 7.99. The number of hydrazone groups is 1. The van der Waals surface area contributed by atoms with Crippen molar-refractivity contribution in [3.05, 3.63) is 54.1 Å². The van der Waals surface area contributed by atoms with E-state index in [0.29, 0.717) is 12.4 Å². The molecule has 8 nitrogen and oxygen atoms in total. The molecule has 34 heavy (non-hydrogen) atoms. The Morgan fingerprint density at radius 3 is 2.74 bits per heavy atom. The van der Waals surface area contributed by atoms with Crippen LogP contribution in [-0.4, -0.2) is 48.3 Å². The minimum Gasteiger partial charge on any atom is -0.496 e. The van der Waals surface area contributed by atoms with Crippen molar-refractivity contribution in [2.45, 2.75) is 12.1 Å². The summed E-state index contributed by atoms with van der Waals surface area (Å²) in [5.74, 6) is 2.17. The van der Waals surface area contributed by atoms with Gasteiger partial charge in [0.1, 0.15) is 17.2 Å². The van der Waals surface area contributed by atoms with Crippen molar-refractivity contribution in [3.63, 3.8) is 0 Å². The molecular weight excluding hydrogens is 452 g/mol. The maximum atomic E-state index is 12.4. The molecule has 0 fully saturated rings. The van der Waals surface area contributed by atoms with E-state index in [4.69, 9.17) is 14.2 Å². The fraction of sp³-hybridized carbons (Fsp3) is 0.240. The number of aryl methyl sites for hydroxylation is 1. The van der Waals surface area contributed by atoms with Crippen LogP contribution in [0.25, 0.3) is 21.8 Å². The predicted octanol–water partition coefficient (Wildman–Crippen LogP) is 4.38. The van der Waals surface area contributed by atoms with E-state index in [1.807, 2.05) is 67.1 Å². The molecule has 0 aliphatic carbocycles. The molecule has 1 N–H and O–H groups in total. The molecule has 0 aliphatic rings. The number of amides is 1. The molecule has 0 saturated carbocycles. The summed E-state index contributed by atoms with van der Waals surface area (Å²) in [4.78, 5) is 17.0. The van der Waals surface area contributed by atoms with E-state index in [1.165, 1.54) is 11.8 Å². The van der Waals surface area contributed by atoms with E-state index in [2.05, 4.69) is 15.5 Å². The quantitative estimate of drug-likeness (QED) is 0.218. The molecule has 0 atom stereocenters. The highest BCUT2D eigenvalue weighted by atomic mass is 32.2. The Kier molecular flexibility index (Phi) is 7.22. The van der Waals surface area contributed by atoms with Gasteiger partial charge >= 0.3 is 0 Å². The number of imidazole rings is 1. The average molecular weight is 479 g/mol. The maximum Gasteiger partial charge on any atom is 0.250 e. The zero-order valence-corrected chi connectivity index (χ0v) is 20.3. The van der Waals surface area contributed by atoms with Crippen LogP contribution < -0.4 is 19.6 Å². The van der Waals surface area contributed by atoms with Crippen molar-refractivity contribution in [3.8, 4) is 17.2 Å². The van der Waals surface area contributed by atoms with Crippen molar-refractivity contribution in [1.29, 1.82) is 0 Å². The minimum atomic E-state index is -0.229. The molecule has 3 aromatic carbocycles. The number of benzene rings is 3.